The van der Waals surface area contributed by atoms with Crippen LogP contribution in [0.15, 0.2) is 42.5 Å². The summed E-state index contributed by atoms with van der Waals surface area (Å²) in [4.78, 5) is 25.9. The van der Waals surface area contributed by atoms with Crippen LogP contribution in [0.5, 0.6) is 5.75 Å². The zero-order chi connectivity index (χ0) is 24.4. The maximum Gasteiger partial charge on any atom is 0.251 e. The number of phenols is 1. The van der Waals surface area contributed by atoms with Gasteiger partial charge in [-0.25, -0.2) is 9.97 Å². The number of fused-ring (bicyclic) bond motifs is 1. The van der Waals surface area contributed by atoms with Crippen LogP contribution in [-0.4, -0.2) is 74.5 Å². The van der Waals surface area contributed by atoms with Crippen LogP contribution in [0.4, 0.5) is 5.82 Å². The van der Waals surface area contributed by atoms with E-state index < -0.39 is 6.10 Å². The van der Waals surface area contributed by atoms with E-state index in [9.17, 15) is 20.1 Å². The first-order chi connectivity index (χ1) is 16.3. The topological polar surface area (TPSA) is 110 Å². The Morgan fingerprint density at radius 3 is 2.65 bits per heavy atom. The van der Waals surface area contributed by atoms with Crippen molar-refractivity contribution in [3.05, 3.63) is 48.0 Å². The number of piperazine rings is 1. The molecule has 1 aliphatic rings. The van der Waals surface area contributed by atoms with Gasteiger partial charge in [0.2, 0.25) is 0 Å². The minimum Gasteiger partial charge on any atom is -0.507 e. The van der Waals surface area contributed by atoms with Crippen LogP contribution in [0.2, 0.25) is 0 Å². The Morgan fingerprint density at radius 1 is 1.18 bits per heavy atom. The fraction of sp³-hybridized carbons (Fsp3) is 0.423. The highest BCUT2D eigenvalue weighted by Gasteiger charge is 2.33. The van der Waals surface area contributed by atoms with Gasteiger partial charge in [0.15, 0.2) is 5.82 Å². The predicted molar refractivity (Wildman–Crippen MR) is 136 cm³/mol. The van der Waals surface area contributed by atoms with Crippen LogP contribution in [0, 0.1) is 12.8 Å². The predicted octanol–water partition coefficient (Wildman–Crippen LogP) is 3.22. The Hall–Kier alpha value is -3.23. The second-order valence-corrected chi connectivity index (χ2v) is 9.37. The molecular weight excluding hydrogens is 432 g/mol. The summed E-state index contributed by atoms with van der Waals surface area (Å²) < 4.78 is 0. The second kappa shape index (κ2) is 9.95. The molecule has 0 radical (unpaired) electrons. The van der Waals surface area contributed by atoms with Crippen molar-refractivity contribution in [3.8, 4) is 17.1 Å². The lowest BCUT2D eigenvalue weighted by molar-refractivity contribution is -0.142. The summed E-state index contributed by atoms with van der Waals surface area (Å²) in [6.07, 6.45) is -0.635. The number of aryl methyl sites for hydroxylation is 1. The van der Waals surface area contributed by atoms with Crippen molar-refractivity contribution in [2.75, 3.05) is 31.1 Å². The number of aromatic nitrogens is 2. The van der Waals surface area contributed by atoms with E-state index in [0.29, 0.717) is 36.7 Å². The number of hydrogen-bond donors (Lipinski definition) is 3. The van der Waals surface area contributed by atoms with E-state index in [1.807, 2.05) is 49.9 Å². The molecule has 1 amide bonds. The van der Waals surface area contributed by atoms with E-state index >= 15 is 0 Å². The number of rotatable bonds is 6. The third-order valence-corrected chi connectivity index (χ3v) is 6.23. The quantitative estimate of drug-likeness (QED) is 0.509. The van der Waals surface area contributed by atoms with E-state index in [1.54, 1.807) is 23.1 Å². The molecule has 1 fully saturated rings. The Bertz CT molecular complexity index is 1190. The first-order valence-electron chi connectivity index (χ1n) is 11.7. The second-order valence-electron chi connectivity index (χ2n) is 9.37. The number of hydrogen-bond acceptors (Lipinski definition) is 7. The summed E-state index contributed by atoms with van der Waals surface area (Å²) in [7, 11) is 0. The van der Waals surface area contributed by atoms with Gasteiger partial charge < -0.3 is 25.1 Å². The lowest BCUT2D eigenvalue weighted by atomic mass is 10.0. The van der Waals surface area contributed by atoms with E-state index in [4.69, 9.17) is 9.97 Å². The Labute approximate surface area is 202 Å². The largest absolute Gasteiger partial charge is 0.507 e. The van der Waals surface area contributed by atoms with Gasteiger partial charge in [-0.05, 0) is 49.1 Å². The molecule has 3 aromatic rings. The molecule has 8 nitrogen and oxygen atoms in total. The Kier molecular flexibility index (Phi) is 7.00. The standard InChI is InChI=1S/C26H32N4O4.2H2/c1-16(2)12-23(33)26(34)29-10-11-30(18(14-29)15-31)25-19-9-8-17(3)13-21(19)27-24(28-25)20-6-4-5-7-22(20)32;;/h4-9,13,16,18,23,31-33H,10-12,14-15H2,1-3H3;2*1H/t18?,23-;;/m1../s1. The monoisotopic (exact) mass is 468 g/mol. The normalized spacial score (nSPS) is 17.4. The van der Waals surface area contributed by atoms with Gasteiger partial charge in [-0.3, -0.25) is 4.79 Å². The van der Waals surface area contributed by atoms with Crippen LogP contribution in [0.1, 0.15) is 28.7 Å². The molecule has 2 aromatic carbocycles. The highest BCUT2D eigenvalue weighted by Crippen LogP contribution is 2.33. The van der Waals surface area contributed by atoms with Crippen LogP contribution in [-0.2, 0) is 4.79 Å². The molecule has 2 heterocycles. The number of nitrogens with zero attached hydrogens (tertiary/aromatic N) is 4. The van der Waals surface area contributed by atoms with Crippen molar-refractivity contribution >= 4 is 22.6 Å². The van der Waals surface area contributed by atoms with E-state index in [-0.39, 0.29) is 39.6 Å². The Morgan fingerprint density at radius 2 is 1.94 bits per heavy atom. The third kappa shape index (κ3) is 4.83. The average molecular weight is 469 g/mol. The molecule has 1 saturated heterocycles. The molecule has 0 spiro atoms. The molecule has 1 aromatic heterocycles. The molecule has 184 valence electrons. The first kappa shape index (κ1) is 23.9. The molecule has 3 N–H and O–H groups in total. The number of carbonyl (C=O) groups excluding carboxylic acids is 1. The van der Waals surface area contributed by atoms with Gasteiger partial charge in [0.05, 0.1) is 23.7 Å². The van der Waals surface area contributed by atoms with Crippen molar-refractivity contribution < 1.29 is 23.0 Å². The number of anilines is 1. The van der Waals surface area contributed by atoms with Crippen LogP contribution in [0.25, 0.3) is 22.3 Å². The third-order valence-electron chi connectivity index (χ3n) is 6.23. The lowest BCUT2D eigenvalue weighted by Gasteiger charge is -2.42. The molecule has 1 unspecified atom stereocenters. The van der Waals surface area contributed by atoms with Crippen LogP contribution in [0.3, 0.4) is 0 Å². The highest BCUT2D eigenvalue weighted by atomic mass is 16.3. The number of para-hydroxylation sites is 1. The van der Waals surface area contributed by atoms with Gasteiger partial charge in [0.25, 0.3) is 5.91 Å². The van der Waals surface area contributed by atoms with Crippen molar-refractivity contribution in [2.45, 2.75) is 39.3 Å². The number of aliphatic hydroxyl groups excluding tert-OH is 2. The number of aliphatic hydroxyl groups is 2. The molecule has 0 aliphatic carbocycles. The van der Waals surface area contributed by atoms with Crippen molar-refractivity contribution in [3.63, 3.8) is 0 Å². The van der Waals surface area contributed by atoms with Gasteiger partial charge in [0, 0.05) is 27.9 Å². The zero-order valence-electron chi connectivity index (χ0n) is 19.8. The lowest BCUT2D eigenvalue weighted by Crippen LogP contribution is -2.58. The van der Waals surface area contributed by atoms with Gasteiger partial charge in [-0.2, -0.15) is 0 Å². The number of phenolic OH excluding ortho intramolecular Hbond substituents is 1. The summed E-state index contributed by atoms with van der Waals surface area (Å²) in [5.74, 6) is 1.04. The maximum atomic E-state index is 12.8. The summed E-state index contributed by atoms with van der Waals surface area (Å²) in [5, 5.41) is 31.8. The average Bonchev–Trinajstić information content (AvgIpc) is 2.82. The van der Waals surface area contributed by atoms with E-state index in [2.05, 4.69) is 0 Å². The number of amides is 1. The molecule has 1 aliphatic heterocycles. The summed E-state index contributed by atoms with van der Waals surface area (Å²) in [6, 6.07) is 12.5. The van der Waals surface area contributed by atoms with Crippen molar-refractivity contribution in [2.24, 2.45) is 5.92 Å². The number of aromatic hydroxyl groups is 1. The van der Waals surface area contributed by atoms with E-state index in [0.717, 1.165) is 16.5 Å². The summed E-state index contributed by atoms with van der Waals surface area (Å²) in [5.41, 5.74) is 2.32. The molecule has 0 bridgehead atoms. The summed E-state index contributed by atoms with van der Waals surface area (Å²) in [6.45, 7) is 6.90. The fourth-order valence-corrected chi connectivity index (χ4v) is 4.47. The fourth-order valence-electron chi connectivity index (χ4n) is 4.47. The van der Waals surface area contributed by atoms with Gasteiger partial charge in [-0.1, -0.05) is 32.0 Å². The first-order valence-corrected chi connectivity index (χ1v) is 11.7. The van der Waals surface area contributed by atoms with Gasteiger partial charge >= 0.3 is 0 Å². The van der Waals surface area contributed by atoms with Crippen molar-refractivity contribution in [1.82, 2.24) is 14.9 Å². The van der Waals surface area contributed by atoms with E-state index in [1.165, 1.54) is 0 Å². The zero-order valence-corrected chi connectivity index (χ0v) is 19.8. The van der Waals surface area contributed by atoms with Crippen LogP contribution >= 0.6 is 0 Å². The molecule has 2 atom stereocenters. The summed E-state index contributed by atoms with van der Waals surface area (Å²) >= 11 is 0. The maximum absolute atomic E-state index is 12.8. The van der Waals surface area contributed by atoms with Gasteiger partial charge in [-0.15, -0.1) is 0 Å². The minimum atomic E-state index is -1.04. The van der Waals surface area contributed by atoms with Gasteiger partial charge in [0.1, 0.15) is 17.7 Å². The SMILES string of the molecule is Cc1ccc2c(N3CCN(C(=O)[C@H](O)CC(C)C)CC3CO)nc(-c3ccccc3O)nc2c1.[HH].[HH]. The molecule has 8 heteroatoms. The smallest absolute Gasteiger partial charge is 0.251 e. The highest BCUT2D eigenvalue weighted by molar-refractivity contribution is 5.92. The number of carbonyl (C=O) groups is 1. The molecule has 0 saturated carbocycles. The molecular formula is C26H36N4O4. The number of benzene rings is 2. The molecule has 34 heavy (non-hydrogen) atoms. The van der Waals surface area contributed by atoms with Crippen LogP contribution < -0.4 is 4.90 Å². The van der Waals surface area contributed by atoms with Crippen molar-refractivity contribution in [1.29, 1.82) is 0 Å². The Balaban J connectivity index is 0.00000228. The minimum absolute atomic E-state index is 0. The molecule has 4 rings (SSSR count).